The zero-order valence-corrected chi connectivity index (χ0v) is 9.31. The lowest BCUT2D eigenvalue weighted by Crippen LogP contribution is -2.06. The number of anilines is 1. The number of hydrogen-bond acceptors (Lipinski definition) is 3. The summed E-state index contributed by atoms with van der Waals surface area (Å²) >= 11 is 0. The SMILES string of the molecule is Cn1nccc1CNc1ccc(F)cc1C#N. The quantitative estimate of drug-likeness (QED) is 0.877. The molecule has 5 heteroatoms. The van der Waals surface area contributed by atoms with E-state index in [-0.39, 0.29) is 0 Å². The van der Waals surface area contributed by atoms with Crippen molar-refractivity contribution >= 4 is 5.69 Å². The molecule has 1 N–H and O–H groups in total. The van der Waals surface area contributed by atoms with Crippen LogP contribution in [0.5, 0.6) is 0 Å². The molecule has 0 saturated heterocycles. The fraction of sp³-hybridized carbons (Fsp3) is 0.167. The normalized spacial score (nSPS) is 9.94. The average Bonchev–Trinajstić information content (AvgIpc) is 2.73. The monoisotopic (exact) mass is 230 g/mol. The van der Waals surface area contributed by atoms with E-state index < -0.39 is 5.82 Å². The molecule has 0 aliphatic rings. The van der Waals surface area contributed by atoms with E-state index in [1.54, 1.807) is 16.9 Å². The molecule has 17 heavy (non-hydrogen) atoms. The van der Waals surface area contributed by atoms with E-state index in [2.05, 4.69) is 10.4 Å². The minimum Gasteiger partial charge on any atom is -0.378 e. The number of aromatic nitrogens is 2. The molecule has 2 rings (SSSR count). The fourth-order valence-corrected chi connectivity index (χ4v) is 1.52. The van der Waals surface area contributed by atoms with E-state index in [9.17, 15) is 4.39 Å². The van der Waals surface area contributed by atoms with Gasteiger partial charge in [0.2, 0.25) is 0 Å². The molecule has 4 nitrogen and oxygen atoms in total. The predicted octanol–water partition coefficient (Wildman–Crippen LogP) is 2.04. The summed E-state index contributed by atoms with van der Waals surface area (Å²) in [6.07, 6.45) is 1.70. The molecule has 1 aromatic heterocycles. The smallest absolute Gasteiger partial charge is 0.124 e. The van der Waals surface area contributed by atoms with Gasteiger partial charge in [0.05, 0.1) is 23.5 Å². The summed E-state index contributed by atoms with van der Waals surface area (Å²) in [6.45, 7) is 0.539. The van der Waals surface area contributed by atoms with Gasteiger partial charge in [-0.3, -0.25) is 4.68 Å². The summed E-state index contributed by atoms with van der Waals surface area (Å²) in [5.74, 6) is -0.410. The topological polar surface area (TPSA) is 53.6 Å². The van der Waals surface area contributed by atoms with Crippen LogP contribution < -0.4 is 5.32 Å². The van der Waals surface area contributed by atoms with E-state index in [4.69, 9.17) is 5.26 Å². The van der Waals surface area contributed by atoms with Crippen molar-refractivity contribution in [3.8, 4) is 6.07 Å². The number of hydrogen-bond donors (Lipinski definition) is 1. The van der Waals surface area contributed by atoms with Crippen molar-refractivity contribution in [2.75, 3.05) is 5.32 Å². The van der Waals surface area contributed by atoms with E-state index in [0.29, 0.717) is 17.8 Å². The third-order valence-electron chi connectivity index (χ3n) is 2.48. The summed E-state index contributed by atoms with van der Waals surface area (Å²) < 4.78 is 14.7. The Kier molecular flexibility index (Phi) is 3.06. The Balaban J connectivity index is 2.15. The Morgan fingerprint density at radius 1 is 1.47 bits per heavy atom. The van der Waals surface area contributed by atoms with Crippen LogP contribution in [0, 0.1) is 17.1 Å². The number of halogens is 1. The van der Waals surface area contributed by atoms with Crippen LogP contribution in [-0.2, 0) is 13.6 Å². The van der Waals surface area contributed by atoms with Crippen molar-refractivity contribution in [1.29, 1.82) is 5.26 Å². The van der Waals surface area contributed by atoms with Gasteiger partial charge in [0, 0.05) is 13.2 Å². The minimum atomic E-state index is -0.410. The first-order valence-electron chi connectivity index (χ1n) is 5.11. The lowest BCUT2D eigenvalue weighted by molar-refractivity contribution is 0.627. The minimum absolute atomic E-state index is 0.298. The lowest BCUT2D eigenvalue weighted by Gasteiger charge is -2.08. The molecule has 0 fully saturated rings. The molecule has 0 aliphatic heterocycles. The molecule has 0 spiro atoms. The van der Waals surface area contributed by atoms with Gasteiger partial charge in [0.25, 0.3) is 0 Å². The Labute approximate surface area is 98.3 Å². The molecule has 0 saturated carbocycles. The summed E-state index contributed by atoms with van der Waals surface area (Å²) in [6, 6.07) is 7.93. The Morgan fingerprint density at radius 3 is 2.94 bits per heavy atom. The Hall–Kier alpha value is -2.35. The molecule has 86 valence electrons. The van der Waals surface area contributed by atoms with Gasteiger partial charge in [-0.25, -0.2) is 4.39 Å². The summed E-state index contributed by atoms with van der Waals surface area (Å²) in [5.41, 5.74) is 1.90. The van der Waals surface area contributed by atoms with Crippen LogP contribution in [0.3, 0.4) is 0 Å². The maximum absolute atomic E-state index is 12.9. The molecule has 0 radical (unpaired) electrons. The first-order valence-corrected chi connectivity index (χ1v) is 5.11. The fourth-order valence-electron chi connectivity index (χ4n) is 1.52. The molecule has 1 aromatic carbocycles. The molecule has 0 atom stereocenters. The highest BCUT2D eigenvalue weighted by Crippen LogP contribution is 2.16. The second-order valence-corrected chi connectivity index (χ2v) is 3.60. The summed E-state index contributed by atoms with van der Waals surface area (Å²) in [4.78, 5) is 0. The molecular weight excluding hydrogens is 219 g/mol. The molecule has 0 amide bonds. The number of benzene rings is 1. The van der Waals surface area contributed by atoms with Crippen molar-refractivity contribution in [2.24, 2.45) is 7.05 Å². The van der Waals surface area contributed by atoms with Gasteiger partial charge >= 0.3 is 0 Å². The van der Waals surface area contributed by atoms with Crippen molar-refractivity contribution in [3.05, 3.63) is 47.5 Å². The largest absolute Gasteiger partial charge is 0.378 e. The highest BCUT2D eigenvalue weighted by Gasteiger charge is 2.04. The van der Waals surface area contributed by atoms with E-state index in [0.717, 1.165) is 5.69 Å². The molecule has 0 unspecified atom stereocenters. The second kappa shape index (κ2) is 4.66. The highest BCUT2D eigenvalue weighted by molar-refractivity contribution is 5.57. The van der Waals surface area contributed by atoms with Gasteiger partial charge in [0.15, 0.2) is 0 Å². The van der Waals surface area contributed by atoms with Crippen LogP contribution in [0.2, 0.25) is 0 Å². The Bertz CT molecular complexity index is 568. The lowest BCUT2D eigenvalue weighted by atomic mass is 10.2. The summed E-state index contributed by atoms with van der Waals surface area (Å²) in [7, 11) is 1.84. The summed E-state index contributed by atoms with van der Waals surface area (Å²) in [5, 5.41) is 16.0. The third-order valence-corrected chi connectivity index (χ3v) is 2.48. The van der Waals surface area contributed by atoms with E-state index in [1.807, 2.05) is 19.2 Å². The highest BCUT2D eigenvalue weighted by atomic mass is 19.1. The molecule has 2 aromatic rings. The van der Waals surface area contributed by atoms with Crippen molar-refractivity contribution < 1.29 is 4.39 Å². The Morgan fingerprint density at radius 2 is 2.29 bits per heavy atom. The van der Waals surface area contributed by atoms with Crippen molar-refractivity contribution in [1.82, 2.24) is 9.78 Å². The number of nitrogens with one attached hydrogen (secondary N) is 1. The van der Waals surface area contributed by atoms with Crippen LogP contribution in [0.15, 0.2) is 30.5 Å². The molecule has 0 bridgehead atoms. The predicted molar refractivity (Wildman–Crippen MR) is 61.6 cm³/mol. The van der Waals surface area contributed by atoms with Gasteiger partial charge < -0.3 is 5.32 Å². The van der Waals surface area contributed by atoms with Gasteiger partial charge in [-0.05, 0) is 24.3 Å². The number of rotatable bonds is 3. The number of nitriles is 1. The van der Waals surface area contributed by atoms with Gasteiger partial charge in [-0.2, -0.15) is 10.4 Å². The van der Waals surface area contributed by atoms with Crippen LogP contribution in [0.1, 0.15) is 11.3 Å². The first-order chi connectivity index (χ1) is 8.20. The molecular formula is C12H11FN4. The van der Waals surface area contributed by atoms with Crippen molar-refractivity contribution in [2.45, 2.75) is 6.54 Å². The maximum Gasteiger partial charge on any atom is 0.124 e. The van der Waals surface area contributed by atoms with Gasteiger partial charge in [-0.1, -0.05) is 0 Å². The van der Waals surface area contributed by atoms with E-state index >= 15 is 0 Å². The number of aryl methyl sites for hydroxylation is 1. The molecule has 0 aliphatic carbocycles. The van der Waals surface area contributed by atoms with Crippen LogP contribution in [0.25, 0.3) is 0 Å². The van der Waals surface area contributed by atoms with Crippen LogP contribution >= 0.6 is 0 Å². The maximum atomic E-state index is 12.9. The third kappa shape index (κ3) is 2.42. The van der Waals surface area contributed by atoms with Gasteiger partial charge in [-0.15, -0.1) is 0 Å². The standard InChI is InChI=1S/C12H11FN4/c1-17-11(4-5-16-17)8-15-12-3-2-10(13)6-9(12)7-14/h2-6,15H,8H2,1H3. The zero-order chi connectivity index (χ0) is 12.3. The van der Waals surface area contributed by atoms with Crippen LogP contribution in [0.4, 0.5) is 10.1 Å². The molecule has 1 heterocycles. The first kappa shape index (κ1) is 11.1. The number of nitrogens with zero attached hydrogens (tertiary/aromatic N) is 3. The van der Waals surface area contributed by atoms with Crippen LogP contribution in [-0.4, -0.2) is 9.78 Å². The van der Waals surface area contributed by atoms with Crippen molar-refractivity contribution in [3.63, 3.8) is 0 Å². The average molecular weight is 230 g/mol. The van der Waals surface area contributed by atoms with Gasteiger partial charge in [0.1, 0.15) is 11.9 Å². The second-order valence-electron chi connectivity index (χ2n) is 3.60. The zero-order valence-electron chi connectivity index (χ0n) is 9.31. The van der Waals surface area contributed by atoms with E-state index in [1.165, 1.54) is 12.1 Å².